The molecule has 0 aromatic heterocycles. The molecule has 2 N–H and O–H groups in total. The van der Waals surface area contributed by atoms with Crippen LogP contribution in [0.4, 0.5) is 0 Å². The maximum absolute atomic E-state index is 11.1. The molecule has 0 spiro atoms. The van der Waals surface area contributed by atoms with Crippen molar-refractivity contribution < 1.29 is 9.90 Å². The second-order valence-corrected chi connectivity index (χ2v) is 3.05. The number of hydrogen-bond donors (Lipinski definition) is 2. The van der Waals surface area contributed by atoms with E-state index < -0.39 is 6.04 Å². The molecule has 0 heterocycles. The summed E-state index contributed by atoms with van der Waals surface area (Å²) in [5.74, 6) is -0.375. The van der Waals surface area contributed by atoms with Crippen molar-refractivity contribution in [3.05, 3.63) is 35.9 Å². The van der Waals surface area contributed by atoms with Crippen LogP contribution >= 0.6 is 0 Å². The molecule has 1 atom stereocenters. The van der Waals surface area contributed by atoms with Gasteiger partial charge in [0, 0.05) is 0 Å². The first-order valence-electron chi connectivity index (χ1n) is 4.60. The number of carbonyl (C=O) groups is 1. The first-order valence-corrected chi connectivity index (χ1v) is 4.60. The van der Waals surface area contributed by atoms with Crippen LogP contribution in [0.5, 0.6) is 0 Å². The van der Waals surface area contributed by atoms with Gasteiger partial charge in [0.25, 0.3) is 0 Å². The average molecular weight is 204 g/mol. The van der Waals surface area contributed by atoms with Crippen LogP contribution in [-0.4, -0.2) is 17.6 Å². The lowest BCUT2D eigenvalue weighted by molar-refractivity contribution is -0.121. The molecule has 1 aromatic rings. The summed E-state index contributed by atoms with van der Waals surface area (Å²) in [5, 5.41) is 20.0. The predicted molar refractivity (Wildman–Crippen MR) is 54.6 cm³/mol. The lowest BCUT2D eigenvalue weighted by Gasteiger charge is -2.15. The van der Waals surface area contributed by atoms with Gasteiger partial charge >= 0.3 is 0 Å². The molecule has 0 bridgehead atoms. The molecule has 15 heavy (non-hydrogen) atoms. The van der Waals surface area contributed by atoms with E-state index in [4.69, 9.17) is 10.4 Å². The number of rotatable bonds is 4. The lowest BCUT2D eigenvalue weighted by Crippen LogP contribution is -2.30. The molecule has 0 saturated heterocycles. The monoisotopic (exact) mass is 204 g/mol. The van der Waals surface area contributed by atoms with Gasteiger partial charge in [-0.2, -0.15) is 5.26 Å². The molecule has 0 aliphatic rings. The quantitative estimate of drug-likeness (QED) is 0.760. The Morgan fingerprint density at radius 3 is 2.67 bits per heavy atom. The average Bonchev–Trinajstić information content (AvgIpc) is 2.27. The summed E-state index contributed by atoms with van der Waals surface area (Å²) in [7, 11) is 0. The number of carbonyl (C=O) groups excluding carboxylic acids is 1. The summed E-state index contributed by atoms with van der Waals surface area (Å²) in [4.78, 5) is 11.1. The summed E-state index contributed by atoms with van der Waals surface area (Å²) >= 11 is 0. The van der Waals surface area contributed by atoms with E-state index in [1.54, 1.807) is 6.07 Å². The van der Waals surface area contributed by atoms with Gasteiger partial charge in [-0.05, 0) is 5.56 Å². The number of aliphatic hydroxyl groups is 1. The van der Waals surface area contributed by atoms with Crippen LogP contribution in [0.25, 0.3) is 0 Å². The molecule has 0 unspecified atom stereocenters. The SMILES string of the molecule is N#CCC(=O)N[C@@H](CO)c1ccccc1. The second-order valence-electron chi connectivity index (χ2n) is 3.05. The van der Waals surface area contributed by atoms with Gasteiger partial charge in [0.2, 0.25) is 5.91 Å². The lowest BCUT2D eigenvalue weighted by atomic mass is 10.1. The van der Waals surface area contributed by atoms with Gasteiger partial charge in [-0.1, -0.05) is 30.3 Å². The van der Waals surface area contributed by atoms with Crippen molar-refractivity contribution >= 4 is 5.91 Å². The topological polar surface area (TPSA) is 73.1 Å². The fourth-order valence-corrected chi connectivity index (χ4v) is 1.24. The number of hydrogen-bond acceptors (Lipinski definition) is 3. The molecule has 1 amide bonds. The molecule has 0 radical (unpaired) electrons. The van der Waals surface area contributed by atoms with E-state index in [-0.39, 0.29) is 18.9 Å². The first-order chi connectivity index (χ1) is 7.27. The van der Waals surface area contributed by atoms with Crippen LogP contribution in [0.1, 0.15) is 18.0 Å². The fraction of sp³-hybridized carbons (Fsp3) is 0.273. The van der Waals surface area contributed by atoms with Gasteiger partial charge in [-0.3, -0.25) is 4.79 Å². The standard InChI is InChI=1S/C11H12N2O2/c12-7-6-11(15)13-10(8-14)9-4-2-1-3-5-9/h1-5,10,14H,6,8H2,(H,13,15)/t10-/m0/s1. The third kappa shape index (κ3) is 3.41. The van der Waals surface area contributed by atoms with E-state index in [2.05, 4.69) is 5.32 Å². The number of nitrogens with zero attached hydrogens (tertiary/aromatic N) is 1. The Labute approximate surface area is 88.2 Å². The highest BCUT2D eigenvalue weighted by atomic mass is 16.3. The van der Waals surface area contributed by atoms with Crippen LogP contribution in [-0.2, 0) is 4.79 Å². The summed E-state index contributed by atoms with van der Waals surface area (Å²) < 4.78 is 0. The molecule has 0 fully saturated rings. The van der Waals surface area contributed by atoms with E-state index in [1.807, 2.05) is 30.3 Å². The first kappa shape index (κ1) is 11.2. The second kappa shape index (κ2) is 5.78. The van der Waals surface area contributed by atoms with Gasteiger partial charge in [-0.25, -0.2) is 0 Å². The summed E-state index contributed by atoms with van der Waals surface area (Å²) in [6, 6.07) is 10.5. The molecule has 1 rings (SSSR count). The van der Waals surface area contributed by atoms with Gasteiger partial charge in [0.1, 0.15) is 6.42 Å². The fourth-order valence-electron chi connectivity index (χ4n) is 1.24. The Balaban J connectivity index is 2.65. The van der Waals surface area contributed by atoms with E-state index in [0.29, 0.717) is 0 Å². The summed E-state index contributed by atoms with van der Waals surface area (Å²) in [6.07, 6.45) is -0.191. The Morgan fingerprint density at radius 2 is 2.13 bits per heavy atom. The Kier molecular flexibility index (Phi) is 4.32. The number of aliphatic hydroxyl groups excluding tert-OH is 1. The molecule has 4 heteroatoms. The number of amides is 1. The van der Waals surface area contributed by atoms with Crippen molar-refractivity contribution in [3.8, 4) is 6.07 Å². The predicted octanol–water partition coefficient (Wildman–Crippen LogP) is 0.750. The molecule has 0 aliphatic carbocycles. The van der Waals surface area contributed by atoms with E-state index in [9.17, 15) is 4.79 Å². The van der Waals surface area contributed by atoms with Crippen molar-refractivity contribution in [1.82, 2.24) is 5.32 Å². The minimum absolute atomic E-state index is 0.179. The Bertz CT molecular complexity index is 357. The van der Waals surface area contributed by atoms with Crippen LogP contribution in [0.3, 0.4) is 0 Å². The van der Waals surface area contributed by atoms with Crippen LogP contribution in [0.15, 0.2) is 30.3 Å². The van der Waals surface area contributed by atoms with Crippen molar-refractivity contribution in [2.45, 2.75) is 12.5 Å². The van der Waals surface area contributed by atoms with Gasteiger partial charge in [0.15, 0.2) is 0 Å². The number of nitriles is 1. The number of benzene rings is 1. The minimum atomic E-state index is -0.438. The van der Waals surface area contributed by atoms with Gasteiger partial charge in [-0.15, -0.1) is 0 Å². The van der Waals surface area contributed by atoms with E-state index in [0.717, 1.165) is 5.56 Å². The van der Waals surface area contributed by atoms with Crippen molar-refractivity contribution in [1.29, 1.82) is 5.26 Å². The van der Waals surface area contributed by atoms with Crippen molar-refractivity contribution in [2.24, 2.45) is 0 Å². The highest BCUT2D eigenvalue weighted by Crippen LogP contribution is 2.11. The van der Waals surface area contributed by atoms with E-state index in [1.165, 1.54) is 0 Å². The third-order valence-corrected chi connectivity index (χ3v) is 1.96. The molecular formula is C11H12N2O2. The molecule has 78 valence electrons. The zero-order valence-corrected chi connectivity index (χ0v) is 8.18. The molecule has 0 aliphatic heterocycles. The Hall–Kier alpha value is -1.86. The molecule has 4 nitrogen and oxygen atoms in total. The normalized spacial score (nSPS) is 11.5. The Morgan fingerprint density at radius 1 is 1.47 bits per heavy atom. The summed E-state index contributed by atoms with van der Waals surface area (Å²) in [6.45, 7) is -0.179. The van der Waals surface area contributed by atoms with Crippen molar-refractivity contribution in [3.63, 3.8) is 0 Å². The maximum atomic E-state index is 11.1. The van der Waals surface area contributed by atoms with Crippen molar-refractivity contribution in [2.75, 3.05) is 6.61 Å². The minimum Gasteiger partial charge on any atom is -0.394 e. The summed E-state index contributed by atoms with van der Waals surface area (Å²) in [5.41, 5.74) is 0.825. The third-order valence-electron chi connectivity index (χ3n) is 1.96. The van der Waals surface area contributed by atoms with Crippen LogP contribution in [0, 0.1) is 11.3 Å². The highest BCUT2D eigenvalue weighted by molar-refractivity contribution is 5.78. The zero-order valence-electron chi connectivity index (χ0n) is 8.18. The maximum Gasteiger partial charge on any atom is 0.234 e. The van der Waals surface area contributed by atoms with Gasteiger partial charge in [0.05, 0.1) is 18.7 Å². The van der Waals surface area contributed by atoms with E-state index >= 15 is 0 Å². The molecular weight excluding hydrogens is 192 g/mol. The molecule has 0 saturated carbocycles. The zero-order chi connectivity index (χ0) is 11.1. The van der Waals surface area contributed by atoms with Gasteiger partial charge < -0.3 is 10.4 Å². The molecule has 1 aromatic carbocycles. The van der Waals surface area contributed by atoms with Crippen LogP contribution in [0.2, 0.25) is 0 Å². The smallest absolute Gasteiger partial charge is 0.234 e. The van der Waals surface area contributed by atoms with Crippen LogP contribution < -0.4 is 5.32 Å². The number of nitrogens with one attached hydrogen (secondary N) is 1. The largest absolute Gasteiger partial charge is 0.394 e. The highest BCUT2D eigenvalue weighted by Gasteiger charge is 2.12.